The molecule has 0 aromatic rings. The smallest absolute Gasteiger partial charge is 0.309 e. The minimum Gasteiger partial charge on any atom is -0.461 e. The van der Waals surface area contributed by atoms with Crippen molar-refractivity contribution in [2.24, 2.45) is 17.8 Å². The summed E-state index contributed by atoms with van der Waals surface area (Å²) in [5, 5.41) is 10.3. The fourth-order valence-corrected chi connectivity index (χ4v) is 3.57. The molecule has 4 nitrogen and oxygen atoms in total. The lowest BCUT2D eigenvalue weighted by Gasteiger charge is -2.36. The fourth-order valence-electron chi connectivity index (χ4n) is 3.57. The molecule has 1 saturated heterocycles. The summed E-state index contributed by atoms with van der Waals surface area (Å²) in [7, 11) is 0. The van der Waals surface area contributed by atoms with Crippen LogP contribution in [0.25, 0.3) is 0 Å². The average Bonchev–Trinajstić information content (AvgIpc) is 2.75. The van der Waals surface area contributed by atoms with Gasteiger partial charge in [0.05, 0.1) is 12.0 Å². The first-order valence-corrected chi connectivity index (χ1v) is 6.25. The Balaban J connectivity index is 2.14. The van der Waals surface area contributed by atoms with Crippen molar-refractivity contribution in [2.45, 2.75) is 33.0 Å². The van der Waals surface area contributed by atoms with Crippen molar-refractivity contribution in [3.63, 3.8) is 0 Å². The van der Waals surface area contributed by atoms with E-state index < -0.39 is 6.10 Å². The van der Waals surface area contributed by atoms with E-state index in [0.29, 0.717) is 11.1 Å². The highest BCUT2D eigenvalue weighted by atomic mass is 16.6. The van der Waals surface area contributed by atoms with Crippen LogP contribution in [0.4, 0.5) is 0 Å². The normalized spacial score (nSPS) is 42.7. The van der Waals surface area contributed by atoms with E-state index in [-0.39, 0.29) is 35.6 Å². The highest BCUT2D eigenvalue weighted by molar-refractivity contribution is 6.09. The molecule has 4 heteroatoms. The second-order valence-electron chi connectivity index (χ2n) is 5.54. The van der Waals surface area contributed by atoms with Gasteiger partial charge < -0.3 is 9.84 Å². The molecule has 0 radical (unpaired) electrons. The summed E-state index contributed by atoms with van der Waals surface area (Å²) in [5.41, 5.74) is 2.26. The quantitative estimate of drug-likeness (QED) is 0.650. The number of aliphatic hydroxyl groups is 1. The molecule has 0 unspecified atom stereocenters. The molecule has 0 bridgehead atoms. The number of carbonyl (C=O) groups excluding carboxylic acids is 2. The number of aliphatic hydroxyl groups excluding tert-OH is 1. The van der Waals surface area contributed by atoms with Crippen LogP contribution in [0.2, 0.25) is 0 Å². The van der Waals surface area contributed by atoms with Gasteiger partial charge in [-0.2, -0.15) is 0 Å². The molecule has 1 aliphatic heterocycles. The van der Waals surface area contributed by atoms with Gasteiger partial charge in [-0.1, -0.05) is 12.5 Å². The Kier molecular flexibility index (Phi) is 2.29. The lowest BCUT2D eigenvalue weighted by atomic mass is 9.70. The molecule has 0 amide bonds. The fraction of sp³-hybridized carbons (Fsp3) is 0.571. The summed E-state index contributed by atoms with van der Waals surface area (Å²) in [4.78, 5) is 23.7. The standard InChI is InChI=1S/C14H16O4/c1-5-4-8(15)10-6(2)12(16)11-7(3)14(17)18-13(11)9(5)10/h4,7,9,11-13,16H,1-3H3/t7-,9-,11+,12-,13+/m0/s1. The van der Waals surface area contributed by atoms with Gasteiger partial charge in [-0.25, -0.2) is 0 Å². The van der Waals surface area contributed by atoms with Crippen LogP contribution in [0.5, 0.6) is 0 Å². The van der Waals surface area contributed by atoms with E-state index in [1.807, 2.05) is 6.92 Å². The Labute approximate surface area is 105 Å². The van der Waals surface area contributed by atoms with E-state index in [2.05, 4.69) is 0 Å². The Morgan fingerprint density at radius 2 is 1.94 bits per heavy atom. The summed E-state index contributed by atoms with van der Waals surface area (Å²) in [6.45, 7) is 5.45. The van der Waals surface area contributed by atoms with Crippen LogP contribution in [0, 0.1) is 17.8 Å². The second kappa shape index (κ2) is 3.54. The molecule has 5 atom stereocenters. The van der Waals surface area contributed by atoms with Gasteiger partial charge in [0, 0.05) is 17.4 Å². The van der Waals surface area contributed by atoms with Gasteiger partial charge in [-0.15, -0.1) is 0 Å². The largest absolute Gasteiger partial charge is 0.461 e. The third-order valence-electron chi connectivity index (χ3n) is 4.57. The number of allylic oxidation sites excluding steroid dienone is 1. The molecule has 1 fully saturated rings. The highest BCUT2D eigenvalue weighted by Crippen LogP contribution is 2.49. The number of fused-ring (bicyclic) bond motifs is 3. The van der Waals surface area contributed by atoms with Crippen LogP contribution in [0.3, 0.4) is 0 Å². The monoisotopic (exact) mass is 248 g/mol. The van der Waals surface area contributed by atoms with Gasteiger partial charge in [0.2, 0.25) is 0 Å². The molecule has 0 aromatic heterocycles. The molecule has 96 valence electrons. The van der Waals surface area contributed by atoms with Gasteiger partial charge >= 0.3 is 5.97 Å². The number of hydrogen-bond donors (Lipinski definition) is 1. The minimum atomic E-state index is -0.758. The number of carbonyl (C=O) groups is 2. The predicted octanol–water partition coefficient (Wildman–Crippen LogP) is 1.00. The zero-order valence-electron chi connectivity index (χ0n) is 10.6. The van der Waals surface area contributed by atoms with Crippen molar-refractivity contribution in [1.29, 1.82) is 0 Å². The lowest BCUT2D eigenvalue weighted by molar-refractivity contribution is -0.145. The molecule has 3 aliphatic rings. The third-order valence-corrected chi connectivity index (χ3v) is 4.57. The number of rotatable bonds is 0. The van der Waals surface area contributed by atoms with Crippen molar-refractivity contribution in [3.05, 3.63) is 22.8 Å². The van der Waals surface area contributed by atoms with Crippen molar-refractivity contribution in [1.82, 2.24) is 0 Å². The molecule has 18 heavy (non-hydrogen) atoms. The minimum absolute atomic E-state index is 0.0527. The molecular formula is C14H16O4. The average molecular weight is 248 g/mol. The first-order valence-electron chi connectivity index (χ1n) is 6.25. The summed E-state index contributed by atoms with van der Waals surface area (Å²) in [6, 6.07) is 0. The van der Waals surface area contributed by atoms with E-state index in [1.54, 1.807) is 19.9 Å². The Morgan fingerprint density at radius 1 is 1.28 bits per heavy atom. The second-order valence-corrected chi connectivity index (χ2v) is 5.54. The van der Waals surface area contributed by atoms with Crippen LogP contribution >= 0.6 is 0 Å². The van der Waals surface area contributed by atoms with Crippen molar-refractivity contribution in [2.75, 3.05) is 0 Å². The SMILES string of the molecule is CC1=CC(=O)C2=C(C)[C@H](O)[C@@H]3[C@H](OC(=O)[C@H]3C)[C@@H]12. The van der Waals surface area contributed by atoms with Gasteiger partial charge in [-0.3, -0.25) is 9.59 Å². The Bertz CT molecular complexity index is 514. The van der Waals surface area contributed by atoms with Crippen LogP contribution in [-0.4, -0.2) is 29.1 Å². The maximum atomic E-state index is 11.9. The van der Waals surface area contributed by atoms with Crippen LogP contribution in [0.1, 0.15) is 20.8 Å². The molecule has 0 aromatic carbocycles. The first-order chi connectivity index (χ1) is 8.43. The van der Waals surface area contributed by atoms with Crippen LogP contribution in [-0.2, 0) is 14.3 Å². The van der Waals surface area contributed by atoms with Gasteiger partial charge in [0.15, 0.2) is 5.78 Å². The van der Waals surface area contributed by atoms with E-state index >= 15 is 0 Å². The summed E-state index contributed by atoms with van der Waals surface area (Å²) < 4.78 is 5.40. The molecule has 1 N–H and O–H groups in total. The van der Waals surface area contributed by atoms with E-state index in [0.717, 1.165) is 5.57 Å². The molecule has 1 heterocycles. The molecule has 3 rings (SSSR count). The first kappa shape index (κ1) is 11.7. The molecular weight excluding hydrogens is 232 g/mol. The number of ether oxygens (including phenoxy) is 1. The van der Waals surface area contributed by atoms with Crippen molar-refractivity contribution >= 4 is 11.8 Å². The van der Waals surface area contributed by atoms with E-state index in [1.165, 1.54) is 0 Å². The summed E-state index contributed by atoms with van der Waals surface area (Å²) in [5.74, 6) is -1.03. The van der Waals surface area contributed by atoms with Crippen molar-refractivity contribution < 1.29 is 19.4 Å². The number of esters is 1. The molecule has 2 aliphatic carbocycles. The zero-order valence-corrected chi connectivity index (χ0v) is 10.6. The van der Waals surface area contributed by atoms with E-state index in [9.17, 15) is 14.7 Å². The maximum Gasteiger partial charge on any atom is 0.309 e. The topological polar surface area (TPSA) is 63.6 Å². The highest BCUT2D eigenvalue weighted by Gasteiger charge is 2.56. The van der Waals surface area contributed by atoms with Gasteiger partial charge in [0.25, 0.3) is 0 Å². The van der Waals surface area contributed by atoms with Gasteiger partial charge in [-0.05, 0) is 25.5 Å². The third kappa shape index (κ3) is 1.24. The zero-order chi connectivity index (χ0) is 13.2. The van der Waals surface area contributed by atoms with Gasteiger partial charge in [0.1, 0.15) is 6.10 Å². The van der Waals surface area contributed by atoms with Crippen molar-refractivity contribution in [3.8, 4) is 0 Å². The summed E-state index contributed by atoms with van der Waals surface area (Å²) in [6.07, 6.45) is 0.449. The lowest BCUT2D eigenvalue weighted by Crippen LogP contribution is -2.43. The van der Waals surface area contributed by atoms with E-state index in [4.69, 9.17) is 4.74 Å². The van der Waals surface area contributed by atoms with Crippen LogP contribution < -0.4 is 0 Å². The number of ketones is 1. The molecule has 0 saturated carbocycles. The maximum absolute atomic E-state index is 11.9. The number of hydrogen-bond acceptors (Lipinski definition) is 4. The predicted molar refractivity (Wildman–Crippen MR) is 63.5 cm³/mol. The summed E-state index contributed by atoms with van der Waals surface area (Å²) >= 11 is 0. The van der Waals surface area contributed by atoms with Crippen LogP contribution in [0.15, 0.2) is 22.8 Å². The molecule has 0 spiro atoms. The Morgan fingerprint density at radius 3 is 2.61 bits per heavy atom. The Hall–Kier alpha value is -1.42.